The Morgan fingerprint density at radius 1 is 1.00 bits per heavy atom. The normalized spacial score (nSPS) is 19.8. The molecule has 0 aliphatic carbocycles. The number of hydrogen-bond acceptors (Lipinski definition) is 3. The van der Waals surface area contributed by atoms with Gasteiger partial charge in [0.25, 0.3) is 0 Å². The van der Waals surface area contributed by atoms with E-state index in [-0.39, 0.29) is 6.61 Å². The molecule has 0 bridgehead atoms. The van der Waals surface area contributed by atoms with Gasteiger partial charge in [0.2, 0.25) is 0 Å². The molecule has 3 heteroatoms. The van der Waals surface area contributed by atoms with Crippen LogP contribution < -0.4 is 0 Å². The van der Waals surface area contributed by atoms with Gasteiger partial charge in [0.05, 0.1) is 6.61 Å². The van der Waals surface area contributed by atoms with Crippen LogP contribution in [0, 0.1) is 0 Å². The zero-order valence-electron chi connectivity index (χ0n) is 13.9. The maximum atomic E-state index is 9.12. The third-order valence-electron chi connectivity index (χ3n) is 4.68. The van der Waals surface area contributed by atoms with Crippen molar-refractivity contribution < 1.29 is 5.11 Å². The summed E-state index contributed by atoms with van der Waals surface area (Å²) in [5, 5.41) is 9.12. The van der Waals surface area contributed by atoms with Crippen molar-refractivity contribution in [2.45, 2.75) is 19.5 Å². The molecule has 2 aromatic carbocycles. The molecule has 0 spiro atoms. The molecular weight excluding hydrogens is 284 g/mol. The maximum Gasteiger partial charge on any atom is 0.0558 e. The van der Waals surface area contributed by atoms with Crippen LogP contribution in [0.5, 0.6) is 0 Å². The van der Waals surface area contributed by atoms with Gasteiger partial charge >= 0.3 is 0 Å². The Kier molecular flexibility index (Phi) is 5.44. The highest BCUT2D eigenvalue weighted by Gasteiger charge is 2.22. The topological polar surface area (TPSA) is 26.7 Å². The number of hydrogen-bond donors (Lipinski definition) is 1. The van der Waals surface area contributed by atoms with Gasteiger partial charge in [-0.25, -0.2) is 0 Å². The lowest BCUT2D eigenvalue weighted by molar-refractivity contribution is 0.0647. The lowest BCUT2D eigenvalue weighted by atomic mass is 10.0. The summed E-state index contributed by atoms with van der Waals surface area (Å²) in [6.45, 7) is 7.47. The molecule has 1 aliphatic rings. The van der Waals surface area contributed by atoms with Crippen LogP contribution in [-0.4, -0.2) is 53.7 Å². The van der Waals surface area contributed by atoms with Crippen molar-refractivity contribution in [1.82, 2.24) is 9.80 Å². The first-order valence-corrected chi connectivity index (χ1v) is 8.48. The average molecular weight is 310 g/mol. The molecule has 3 nitrogen and oxygen atoms in total. The number of β-amino-alcohol motifs (C(OH)–C–C–N with tert-alkyl or cyclic N) is 1. The molecule has 1 atom stereocenters. The van der Waals surface area contributed by atoms with Gasteiger partial charge < -0.3 is 5.11 Å². The second-order valence-electron chi connectivity index (χ2n) is 6.41. The first kappa shape index (κ1) is 16.2. The minimum absolute atomic E-state index is 0.253. The highest BCUT2D eigenvalue weighted by atomic mass is 16.3. The van der Waals surface area contributed by atoms with Crippen molar-refractivity contribution in [3.63, 3.8) is 0 Å². The van der Waals surface area contributed by atoms with Crippen LogP contribution >= 0.6 is 0 Å². The molecule has 0 radical (unpaired) electrons. The zero-order valence-corrected chi connectivity index (χ0v) is 13.9. The number of aliphatic hydroxyl groups is 1. The Labute approximate surface area is 139 Å². The Balaban J connectivity index is 1.65. The Morgan fingerprint density at radius 3 is 2.52 bits per heavy atom. The molecule has 122 valence electrons. The molecule has 1 unspecified atom stereocenters. The predicted molar refractivity (Wildman–Crippen MR) is 95.3 cm³/mol. The van der Waals surface area contributed by atoms with Crippen LogP contribution in [0.4, 0.5) is 0 Å². The third-order valence-corrected chi connectivity index (χ3v) is 4.68. The summed E-state index contributed by atoms with van der Waals surface area (Å²) in [6, 6.07) is 19.9. The van der Waals surface area contributed by atoms with Crippen molar-refractivity contribution in [2.24, 2.45) is 0 Å². The standard InChI is InChI=1S/C20H26N2O/c1-17-15-21(10-11-22(17)12-13-23)16-18-6-5-9-20(14-18)19-7-3-2-4-8-19/h2-9,14,17,23H,10-13,15-16H2,1H3. The SMILES string of the molecule is CC1CN(Cc2cccc(-c3ccccc3)c2)CCN1CCO. The fraction of sp³-hybridized carbons (Fsp3) is 0.400. The van der Waals surface area contributed by atoms with Crippen LogP contribution in [0.1, 0.15) is 12.5 Å². The van der Waals surface area contributed by atoms with Crippen molar-refractivity contribution in [3.8, 4) is 11.1 Å². The molecule has 1 aliphatic heterocycles. The van der Waals surface area contributed by atoms with E-state index in [0.717, 1.165) is 32.7 Å². The van der Waals surface area contributed by atoms with Crippen molar-refractivity contribution in [1.29, 1.82) is 0 Å². The van der Waals surface area contributed by atoms with E-state index in [0.29, 0.717) is 6.04 Å². The van der Waals surface area contributed by atoms with Gasteiger partial charge in [-0.15, -0.1) is 0 Å². The second kappa shape index (κ2) is 7.73. The van der Waals surface area contributed by atoms with E-state index in [4.69, 9.17) is 5.11 Å². The fourth-order valence-electron chi connectivity index (χ4n) is 3.41. The summed E-state index contributed by atoms with van der Waals surface area (Å²) in [4.78, 5) is 4.89. The number of rotatable bonds is 5. The van der Waals surface area contributed by atoms with E-state index < -0.39 is 0 Å². The van der Waals surface area contributed by atoms with Crippen molar-refractivity contribution in [2.75, 3.05) is 32.8 Å². The molecule has 0 saturated carbocycles. The van der Waals surface area contributed by atoms with Crippen LogP contribution in [0.25, 0.3) is 11.1 Å². The van der Waals surface area contributed by atoms with Gasteiger partial charge in [-0.2, -0.15) is 0 Å². The van der Waals surface area contributed by atoms with Gasteiger partial charge in [0.1, 0.15) is 0 Å². The Hall–Kier alpha value is -1.68. The van der Waals surface area contributed by atoms with Gasteiger partial charge in [0, 0.05) is 38.8 Å². The van der Waals surface area contributed by atoms with Crippen molar-refractivity contribution >= 4 is 0 Å². The quantitative estimate of drug-likeness (QED) is 0.920. The minimum atomic E-state index is 0.253. The molecule has 1 heterocycles. The Morgan fingerprint density at radius 2 is 1.78 bits per heavy atom. The molecule has 1 N–H and O–H groups in total. The van der Waals surface area contributed by atoms with Gasteiger partial charge in [-0.1, -0.05) is 48.5 Å². The van der Waals surface area contributed by atoms with Gasteiger partial charge in [0.15, 0.2) is 0 Å². The first-order valence-electron chi connectivity index (χ1n) is 8.48. The summed E-state index contributed by atoms with van der Waals surface area (Å²) < 4.78 is 0. The highest BCUT2D eigenvalue weighted by Crippen LogP contribution is 2.21. The number of aliphatic hydroxyl groups excluding tert-OH is 1. The fourth-order valence-corrected chi connectivity index (χ4v) is 3.41. The van der Waals surface area contributed by atoms with Crippen molar-refractivity contribution in [3.05, 3.63) is 60.2 Å². The first-order chi connectivity index (χ1) is 11.3. The second-order valence-corrected chi connectivity index (χ2v) is 6.41. The van der Waals surface area contributed by atoms with E-state index in [1.165, 1.54) is 16.7 Å². The highest BCUT2D eigenvalue weighted by molar-refractivity contribution is 5.63. The number of nitrogens with zero attached hydrogens (tertiary/aromatic N) is 2. The van der Waals surface area contributed by atoms with E-state index in [2.05, 4.69) is 71.3 Å². The largest absolute Gasteiger partial charge is 0.395 e. The van der Waals surface area contributed by atoms with E-state index in [1.807, 2.05) is 0 Å². The third kappa shape index (κ3) is 4.20. The lowest BCUT2D eigenvalue weighted by Crippen LogP contribution is -2.52. The van der Waals surface area contributed by atoms with Crippen LogP contribution in [0.3, 0.4) is 0 Å². The van der Waals surface area contributed by atoms with Gasteiger partial charge in [-0.05, 0) is 29.7 Å². The van der Waals surface area contributed by atoms with Crippen LogP contribution in [0.2, 0.25) is 0 Å². The summed E-state index contributed by atoms with van der Waals surface area (Å²) >= 11 is 0. The summed E-state index contributed by atoms with van der Waals surface area (Å²) in [5.41, 5.74) is 3.93. The molecule has 0 amide bonds. The molecule has 1 saturated heterocycles. The molecule has 0 aromatic heterocycles. The number of benzene rings is 2. The van der Waals surface area contributed by atoms with Crippen LogP contribution in [-0.2, 0) is 6.54 Å². The van der Waals surface area contributed by atoms with E-state index in [1.54, 1.807) is 0 Å². The summed E-state index contributed by atoms with van der Waals surface area (Å²) in [5.74, 6) is 0. The number of piperazine rings is 1. The zero-order chi connectivity index (χ0) is 16.1. The molecule has 2 aromatic rings. The smallest absolute Gasteiger partial charge is 0.0558 e. The summed E-state index contributed by atoms with van der Waals surface area (Å²) in [6.07, 6.45) is 0. The van der Waals surface area contributed by atoms with E-state index in [9.17, 15) is 0 Å². The summed E-state index contributed by atoms with van der Waals surface area (Å²) in [7, 11) is 0. The monoisotopic (exact) mass is 310 g/mol. The van der Waals surface area contributed by atoms with Gasteiger partial charge in [-0.3, -0.25) is 9.80 Å². The minimum Gasteiger partial charge on any atom is -0.395 e. The van der Waals surface area contributed by atoms with E-state index >= 15 is 0 Å². The Bertz CT molecular complexity index is 614. The van der Waals surface area contributed by atoms with Crippen LogP contribution in [0.15, 0.2) is 54.6 Å². The lowest BCUT2D eigenvalue weighted by Gasteiger charge is -2.39. The average Bonchev–Trinajstić information content (AvgIpc) is 2.59. The predicted octanol–water partition coefficient (Wildman–Crippen LogP) is 2.85. The molecule has 23 heavy (non-hydrogen) atoms. The molecule has 3 rings (SSSR count). The maximum absolute atomic E-state index is 9.12. The molecule has 1 fully saturated rings. The molecular formula is C20H26N2O.